The van der Waals surface area contributed by atoms with Gasteiger partial charge in [-0.25, -0.2) is 13.1 Å². The normalized spacial score (nSPS) is 17.2. The van der Waals surface area contributed by atoms with Gasteiger partial charge < -0.3 is 4.74 Å². The van der Waals surface area contributed by atoms with Crippen LogP contribution in [0.2, 0.25) is 5.02 Å². The molecule has 0 spiro atoms. The Morgan fingerprint density at radius 1 is 1.15 bits per heavy atom. The average Bonchev–Trinajstić information content (AvgIpc) is 2.64. The third-order valence-electron chi connectivity index (χ3n) is 4.52. The van der Waals surface area contributed by atoms with Gasteiger partial charge in [-0.15, -0.1) is 0 Å². The fraction of sp³-hybridized carbons (Fsp3) is 0.368. The quantitative estimate of drug-likeness (QED) is 0.818. The molecule has 1 fully saturated rings. The molecule has 1 unspecified atom stereocenters. The molecule has 140 valence electrons. The minimum Gasteiger partial charge on any atom is -0.379 e. The van der Waals surface area contributed by atoms with E-state index < -0.39 is 10.0 Å². The summed E-state index contributed by atoms with van der Waals surface area (Å²) in [5.41, 5.74) is 1.83. The lowest BCUT2D eigenvalue weighted by Gasteiger charge is -2.35. The van der Waals surface area contributed by atoms with Crippen LogP contribution in [0.1, 0.15) is 17.2 Å². The minimum atomic E-state index is -3.59. The van der Waals surface area contributed by atoms with Gasteiger partial charge in [0.2, 0.25) is 10.0 Å². The Kier molecular flexibility index (Phi) is 6.32. The first-order valence-electron chi connectivity index (χ1n) is 8.60. The molecule has 1 aliphatic rings. The van der Waals surface area contributed by atoms with Crippen molar-refractivity contribution in [2.24, 2.45) is 0 Å². The Labute approximate surface area is 160 Å². The summed E-state index contributed by atoms with van der Waals surface area (Å²) in [6.07, 6.45) is 0. The maximum absolute atomic E-state index is 12.7. The van der Waals surface area contributed by atoms with Crippen LogP contribution in [-0.4, -0.2) is 46.2 Å². The number of benzene rings is 2. The number of morpholine rings is 1. The van der Waals surface area contributed by atoms with Gasteiger partial charge >= 0.3 is 0 Å². The van der Waals surface area contributed by atoms with Gasteiger partial charge in [-0.1, -0.05) is 41.9 Å². The Morgan fingerprint density at radius 2 is 1.88 bits per heavy atom. The average molecular weight is 395 g/mol. The van der Waals surface area contributed by atoms with Crippen LogP contribution in [0.3, 0.4) is 0 Å². The van der Waals surface area contributed by atoms with Crippen molar-refractivity contribution >= 4 is 21.6 Å². The van der Waals surface area contributed by atoms with Gasteiger partial charge in [0.15, 0.2) is 0 Å². The first kappa shape index (κ1) is 19.3. The van der Waals surface area contributed by atoms with E-state index in [2.05, 4.69) is 9.62 Å². The fourth-order valence-electron chi connectivity index (χ4n) is 3.12. The molecule has 1 N–H and O–H groups in total. The first-order chi connectivity index (χ1) is 12.5. The molecule has 1 heterocycles. The lowest BCUT2D eigenvalue weighted by atomic mass is 10.0. The second-order valence-corrected chi connectivity index (χ2v) is 8.53. The maximum atomic E-state index is 12.7. The molecule has 0 amide bonds. The number of nitrogens with zero attached hydrogens (tertiary/aromatic N) is 1. The topological polar surface area (TPSA) is 58.6 Å². The van der Waals surface area contributed by atoms with E-state index in [1.54, 1.807) is 18.2 Å². The molecule has 0 bridgehead atoms. The number of aryl methyl sites for hydroxylation is 1. The van der Waals surface area contributed by atoms with E-state index in [0.29, 0.717) is 18.2 Å². The van der Waals surface area contributed by atoms with Crippen molar-refractivity contribution < 1.29 is 13.2 Å². The summed E-state index contributed by atoms with van der Waals surface area (Å²) in [5, 5.41) is 0.638. The van der Waals surface area contributed by atoms with Gasteiger partial charge in [-0.3, -0.25) is 4.90 Å². The van der Waals surface area contributed by atoms with E-state index in [-0.39, 0.29) is 17.5 Å². The number of rotatable bonds is 6. The lowest BCUT2D eigenvalue weighted by Crippen LogP contribution is -2.43. The van der Waals surface area contributed by atoms with E-state index in [4.69, 9.17) is 16.3 Å². The van der Waals surface area contributed by atoms with Crippen LogP contribution < -0.4 is 4.72 Å². The van der Waals surface area contributed by atoms with E-state index in [9.17, 15) is 8.42 Å². The van der Waals surface area contributed by atoms with E-state index in [0.717, 1.165) is 24.2 Å². The first-order valence-corrected chi connectivity index (χ1v) is 10.5. The summed E-state index contributed by atoms with van der Waals surface area (Å²) in [4.78, 5) is 2.49. The second kappa shape index (κ2) is 8.50. The number of hydrogen-bond acceptors (Lipinski definition) is 4. The number of nitrogens with one attached hydrogen (secondary N) is 1. The zero-order chi connectivity index (χ0) is 18.6. The largest absolute Gasteiger partial charge is 0.379 e. The zero-order valence-corrected chi connectivity index (χ0v) is 16.3. The lowest BCUT2D eigenvalue weighted by molar-refractivity contribution is 0.0172. The highest BCUT2D eigenvalue weighted by molar-refractivity contribution is 7.89. The molecule has 0 aromatic heterocycles. The Morgan fingerprint density at radius 3 is 2.58 bits per heavy atom. The standard InChI is InChI=1S/C19H23ClN2O3S/c1-15-5-4-6-16(13-15)26(23,24)21-14-19(22-9-11-25-12-10-22)17-7-2-3-8-18(17)20/h2-8,13,19,21H,9-12,14H2,1H3. The third-order valence-corrected chi connectivity index (χ3v) is 6.28. The summed E-state index contributed by atoms with van der Waals surface area (Å²) in [5.74, 6) is 0. The number of ether oxygens (including phenoxy) is 1. The van der Waals surface area contributed by atoms with E-state index >= 15 is 0 Å². The fourth-order valence-corrected chi connectivity index (χ4v) is 4.53. The molecule has 7 heteroatoms. The summed E-state index contributed by atoms with van der Waals surface area (Å²) in [7, 11) is -3.59. The van der Waals surface area contributed by atoms with Gasteiger partial charge in [-0.05, 0) is 36.2 Å². The summed E-state index contributed by atoms with van der Waals surface area (Å²) in [6.45, 7) is 4.86. The highest BCUT2D eigenvalue weighted by Crippen LogP contribution is 2.28. The molecule has 5 nitrogen and oxygen atoms in total. The van der Waals surface area contributed by atoms with E-state index in [1.807, 2.05) is 37.3 Å². The van der Waals surface area contributed by atoms with Gasteiger partial charge in [0.05, 0.1) is 18.1 Å². The monoisotopic (exact) mass is 394 g/mol. The molecule has 2 aromatic carbocycles. The SMILES string of the molecule is Cc1cccc(S(=O)(=O)NCC(c2ccccc2Cl)N2CCOCC2)c1. The van der Waals surface area contributed by atoms with Crippen LogP contribution in [0.15, 0.2) is 53.4 Å². The molecule has 2 aromatic rings. The molecule has 3 rings (SSSR count). The highest BCUT2D eigenvalue weighted by Gasteiger charge is 2.26. The van der Waals surface area contributed by atoms with Crippen molar-refractivity contribution in [1.82, 2.24) is 9.62 Å². The van der Waals surface area contributed by atoms with Crippen molar-refractivity contribution in [2.75, 3.05) is 32.8 Å². The maximum Gasteiger partial charge on any atom is 0.240 e. The summed E-state index contributed by atoms with van der Waals surface area (Å²) < 4.78 is 33.6. The number of hydrogen-bond donors (Lipinski definition) is 1. The summed E-state index contributed by atoms with van der Waals surface area (Å²) >= 11 is 6.39. The van der Waals surface area contributed by atoms with Crippen molar-refractivity contribution in [1.29, 1.82) is 0 Å². The Bertz CT molecular complexity index is 851. The highest BCUT2D eigenvalue weighted by atomic mass is 35.5. The molecule has 1 saturated heterocycles. The predicted molar refractivity (Wildman–Crippen MR) is 103 cm³/mol. The number of halogens is 1. The zero-order valence-electron chi connectivity index (χ0n) is 14.7. The summed E-state index contributed by atoms with van der Waals surface area (Å²) in [6, 6.07) is 14.3. The second-order valence-electron chi connectivity index (χ2n) is 6.35. The van der Waals surface area contributed by atoms with Crippen LogP contribution in [-0.2, 0) is 14.8 Å². The van der Waals surface area contributed by atoms with E-state index in [1.165, 1.54) is 0 Å². The van der Waals surface area contributed by atoms with Crippen molar-refractivity contribution in [2.45, 2.75) is 17.9 Å². The molecule has 1 aliphatic heterocycles. The van der Waals surface area contributed by atoms with Crippen molar-refractivity contribution in [3.63, 3.8) is 0 Å². The molecule has 0 aliphatic carbocycles. The predicted octanol–water partition coefficient (Wildman–Crippen LogP) is 3.00. The third kappa shape index (κ3) is 4.64. The molecule has 26 heavy (non-hydrogen) atoms. The Balaban J connectivity index is 1.83. The smallest absolute Gasteiger partial charge is 0.240 e. The molecular weight excluding hydrogens is 372 g/mol. The molecule has 0 saturated carbocycles. The van der Waals surface area contributed by atoms with Crippen molar-refractivity contribution in [3.05, 3.63) is 64.7 Å². The number of sulfonamides is 1. The van der Waals surface area contributed by atoms with Gasteiger partial charge in [0.1, 0.15) is 0 Å². The molecule has 0 radical (unpaired) electrons. The minimum absolute atomic E-state index is 0.146. The van der Waals surface area contributed by atoms with Crippen LogP contribution in [0.25, 0.3) is 0 Å². The van der Waals surface area contributed by atoms with Crippen LogP contribution in [0.5, 0.6) is 0 Å². The Hall–Kier alpha value is -1.44. The van der Waals surface area contributed by atoms with Crippen LogP contribution >= 0.6 is 11.6 Å². The van der Waals surface area contributed by atoms with Crippen molar-refractivity contribution in [3.8, 4) is 0 Å². The molecular formula is C19H23ClN2O3S. The molecule has 1 atom stereocenters. The van der Waals surface area contributed by atoms with Gasteiger partial charge in [-0.2, -0.15) is 0 Å². The van der Waals surface area contributed by atoms with Gasteiger partial charge in [0, 0.05) is 30.7 Å². The van der Waals surface area contributed by atoms with Crippen LogP contribution in [0.4, 0.5) is 0 Å². The van der Waals surface area contributed by atoms with Crippen LogP contribution in [0, 0.1) is 6.92 Å². The van der Waals surface area contributed by atoms with Gasteiger partial charge in [0.25, 0.3) is 0 Å².